The summed E-state index contributed by atoms with van der Waals surface area (Å²) in [4.78, 5) is 12.5. The summed E-state index contributed by atoms with van der Waals surface area (Å²) in [6.45, 7) is 0. The number of hydrogen-bond donors (Lipinski definition) is 0. The van der Waals surface area contributed by atoms with Gasteiger partial charge in [-0.25, -0.2) is 4.79 Å². The molecule has 0 saturated carbocycles. The highest BCUT2D eigenvalue weighted by atomic mass is 16.4. The number of rotatable bonds is 2. The molecule has 4 rings (SSSR count). The van der Waals surface area contributed by atoms with Gasteiger partial charge in [-0.15, -0.1) is 0 Å². The predicted molar refractivity (Wildman–Crippen MR) is 85.6 cm³/mol. The van der Waals surface area contributed by atoms with E-state index in [0.717, 1.165) is 16.5 Å². The maximum absolute atomic E-state index is 12.5. The van der Waals surface area contributed by atoms with Crippen LogP contribution in [0.15, 0.2) is 86.6 Å². The van der Waals surface area contributed by atoms with E-state index in [2.05, 4.69) is 0 Å². The fourth-order valence-electron chi connectivity index (χ4n) is 2.70. The van der Waals surface area contributed by atoms with Crippen LogP contribution in [0.5, 0.6) is 0 Å². The molecule has 0 unspecified atom stereocenters. The number of fused-ring (bicyclic) bond motifs is 1. The van der Waals surface area contributed by atoms with Crippen LogP contribution >= 0.6 is 0 Å². The van der Waals surface area contributed by atoms with Crippen LogP contribution in [0.2, 0.25) is 0 Å². The first-order chi connectivity index (χ1) is 10.8. The van der Waals surface area contributed by atoms with Gasteiger partial charge in [0.2, 0.25) is 0 Å². The Labute approximate surface area is 126 Å². The van der Waals surface area contributed by atoms with E-state index in [0.29, 0.717) is 16.9 Å². The zero-order valence-electron chi connectivity index (χ0n) is 11.7. The Morgan fingerprint density at radius 3 is 2.27 bits per heavy atom. The van der Waals surface area contributed by atoms with E-state index >= 15 is 0 Å². The van der Waals surface area contributed by atoms with Crippen molar-refractivity contribution in [2.24, 2.45) is 0 Å². The van der Waals surface area contributed by atoms with Crippen LogP contribution in [0.25, 0.3) is 33.4 Å². The average molecular weight is 288 g/mol. The van der Waals surface area contributed by atoms with Crippen molar-refractivity contribution < 1.29 is 8.83 Å². The summed E-state index contributed by atoms with van der Waals surface area (Å²) >= 11 is 0. The molecular weight excluding hydrogens is 276 g/mol. The highest BCUT2D eigenvalue weighted by Gasteiger charge is 2.19. The van der Waals surface area contributed by atoms with Gasteiger partial charge >= 0.3 is 5.63 Å². The lowest BCUT2D eigenvalue weighted by Crippen LogP contribution is -2.05. The molecule has 0 N–H and O–H groups in total. The standard InChI is InChI=1S/C19H12O3/c20-19-18(16-11-6-12-21-16)17(13-7-2-1-3-8-13)14-9-4-5-10-15(14)22-19/h1-12H. The molecule has 4 aromatic rings. The Kier molecular flexibility index (Phi) is 2.90. The van der Waals surface area contributed by atoms with E-state index in [1.165, 1.54) is 0 Å². The summed E-state index contributed by atoms with van der Waals surface area (Å²) in [5, 5.41) is 0.889. The van der Waals surface area contributed by atoms with Crippen molar-refractivity contribution in [3.63, 3.8) is 0 Å². The fraction of sp³-hybridized carbons (Fsp3) is 0. The number of hydrogen-bond acceptors (Lipinski definition) is 3. The largest absolute Gasteiger partial charge is 0.464 e. The number of benzene rings is 2. The summed E-state index contributed by atoms with van der Waals surface area (Å²) in [5.41, 5.74) is 2.42. The third kappa shape index (κ3) is 1.95. The Morgan fingerprint density at radius 2 is 1.50 bits per heavy atom. The maximum atomic E-state index is 12.5. The van der Waals surface area contributed by atoms with E-state index in [4.69, 9.17) is 8.83 Å². The molecule has 0 aliphatic heterocycles. The highest BCUT2D eigenvalue weighted by molar-refractivity contribution is 6.00. The number of furan rings is 1. The van der Waals surface area contributed by atoms with Gasteiger partial charge in [0, 0.05) is 10.9 Å². The molecule has 22 heavy (non-hydrogen) atoms. The van der Waals surface area contributed by atoms with Gasteiger partial charge in [-0.05, 0) is 23.8 Å². The average Bonchev–Trinajstić information content (AvgIpc) is 3.08. The summed E-state index contributed by atoms with van der Waals surface area (Å²) in [6.07, 6.45) is 1.55. The lowest BCUT2D eigenvalue weighted by Gasteiger charge is -2.10. The zero-order chi connectivity index (χ0) is 14.9. The molecule has 3 heteroatoms. The molecule has 0 bridgehead atoms. The molecular formula is C19H12O3. The van der Waals surface area contributed by atoms with Crippen LogP contribution in [0, 0.1) is 0 Å². The summed E-state index contributed by atoms with van der Waals surface area (Å²) in [6, 6.07) is 20.9. The Morgan fingerprint density at radius 1 is 0.727 bits per heavy atom. The zero-order valence-corrected chi connectivity index (χ0v) is 11.7. The lowest BCUT2D eigenvalue weighted by molar-refractivity contribution is 0.548. The number of para-hydroxylation sites is 1. The Balaban J connectivity index is 2.19. The van der Waals surface area contributed by atoms with Gasteiger partial charge in [-0.3, -0.25) is 0 Å². The maximum Gasteiger partial charge on any atom is 0.348 e. The van der Waals surface area contributed by atoms with Crippen LogP contribution in [-0.2, 0) is 0 Å². The molecule has 0 aliphatic carbocycles. The molecule has 0 spiro atoms. The molecule has 0 fully saturated rings. The summed E-state index contributed by atoms with van der Waals surface area (Å²) in [7, 11) is 0. The van der Waals surface area contributed by atoms with Crippen LogP contribution in [0.1, 0.15) is 0 Å². The summed E-state index contributed by atoms with van der Waals surface area (Å²) < 4.78 is 10.9. The van der Waals surface area contributed by atoms with E-state index < -0.39 is 5.63 Å². The Hall–Kier alpha value is -3.07. The molecule has 0 amide bonds. The van der Waals surface area contributed by atoms with Crippen LogP contribution < -0.4 is 5.63 Å². The van der Waals surface area contributed by atoms with Crippen LogP contribution in [0.3, 0.4) is 0 Å². The van der Waals surface area contributed by atoms with E-state index in [9.17, 15) is 4.79 Å². The highest BCUT2D eigenvalue weighted by Crippen LogP contribution is 2.35. The molecule has 0 saturated heterocycles. The van der Waals surface area contributed by atoms with Crippen LogP contribution in [-0.4, -0.2) is 0 Å². The van der Waals surface area contributed by atoms with E-state index in [1.54, 1.807) is 24.5 Å². The van der Waals surface area contributed by atoms with Crippen LogP contribution in [0.4, 0.5) is 0 Å². The van der Waals surface area contributed by atoms with Crippen molar-refractivity contribution in [1.29, 1.82) is 0 Å². The molecule has 2 aromatic carbocycles. The summed E-state index contributed by atoms with van der Waals surface area (Å²) in [5.74, 6) is 0.512. The third-order valence-corrected chi connectivity index (χ3v) is 3.64. The lowest BCUT2D eigenvalue weighted by atomic mass is 9.96. The minimum atomic E-state index is -0.396. The van der Waals surface area contributed by atoms with Gasteiger partial charge in [0.05, 0.1) is 6.26 Å². The van der Waals surface area contributed by atoms with Gasteiger partial charge in [-0.2, -0.15) is 0 Å². The molecule has 0 radical (unpaired) electrons. The molecule has 2 aromatic heterocycles. The van der Waals surface area contributed by atoms with E-state index in [-0.39, 0.29) is 0 Å². The fourth-order valence-corrected chi connectivity index (χ4v) is 2.70. The van der Waals surface area contributed by atoms with Crippen molar-refractivity contribution in [3.8, 4) is 22.5 Å². The quantitative estimate of drug-likeness (QED) is 0.501. The van der Waals surface area contributed by atoms with Crippen molar-refractivity contribution >= 4 is 11.0 Å². The topological polar surface area (TPSA) is 43.4 Å². The van der Waals surface area contributed by atoms with Crippen molar-refractivity contribution in [2.75, 3.05) is 0 Å². The third-order valence-electron chi connectivity index (χ3n) is 3.64. The SMILES string of the molecule is O=c1oc2ccccc2c(-c2ccccc2)c1-c1ccco1. The molecule has 0 atom stereocenters. The second kappa shape index (κ2) is 5.04. The molecule has 0 aliphatic rings. The normalized spacial score (nSPS) is 10.9. The minimum Gasteiger partial charge on any atom is -0.464 e. The van der Waals surface area contributed by atoms with Crippen molar-refractivity contribution in [1.82, 2.24) is 0 Å². The molecule has 106 valence electrons. The monoisotopic (exact) mass is 288 g/mol. The first kappa shape index (κ1) is 12.7. The molecule has 3 nitrogen and oxygen atoms in total. The first-order valence-electron chi connectivity index (χ1n) is 7.00. The van der Waals surface area contributed by atoms with Gasteiger partial charge in [0.15, 0.2) is 0 Å². The Bertz CT molecular complexity index is 980. The van der Waals surface area contributed by atoms with E-state index in [1.807, 2.05) is 48.5 Å². The van der Waals surface area contributed by atoms with Crippen molar-refractivity contribution in [2.45, 2.75) is 0 Å². The second-order valence-electron chi connectivity index (χ2n) is 4.98. The van der Waals surface area contributed by atoms with Gasteiger partial charge in [0.25, 0.3) is 0 Å². The van der Waals surface area contributed by atoms with Gasteiger partial charge in [0.1, 0.15) is 16.9 Å². The molecule has 2 heterocycles. The first-order valence-corrected chi connectivity index (χ1v) is 7.00. The minimum absolute atomic E-state index is 0.396. The second-order valence-corrected chi connectivity index (χ2v) is 4.98. The van der Waals surface area contributed by atoms with Crippen molar-refractivity contribution in [3.05, 3.63) is 83.4 Å². The predicted octanol–water partition coefficient (Wildman–Crippen LogP) is 4.72. The van der Waals surface area contributed by atoms with Gasteiger partial charge in [-0.1, -0.05) is 48.5 Å². The smallest absolute Gasteiger partial charge is 0.348 e. The van der Waals surface area contributed by atoms with Gasteiger partial charge < -0.3 is 8.83 Å².